The summed E-state index contributed by atoms with van der Waals surface area (Å²) < 4.78 is 3.70. The van der Waals surface area contributed by atoms with Gasteiger partial charge in [-0.25, -0.2) is 5.90 Å². The molecule has 0 unspecified atom stereocenters. The quantitative estimate of drug-likeness (QED) is 0.250. The molecule has 0 aromatic rings. The number of carbonyl (C=O) groups is 1. The van der Waals surface area contributed by atoms with Gasteiger partial charge in [0.25, 0.3) is 0 Å². The summed E-state index contributed by atoms with van der Waals surface area (Å²) in [6, 6.07) is 0. The summed E-state index contributed by atoms with van der Waals surface area (Å²) in [6.07, 6.45) is 0.458. The Labute approximate surface area is 30.3 Å². The SMILES string of the molecule is NO[B]C=O. The van der Waals surface area contributed by atoms with Crippen molar-refractivity contribution in [1.29, 1.82) is 0 Å². The summed E-state index contributed by atoms with van der Waals surface area (Å²) in [7, 11) is 0.847. The van der Waals surface area contributed by atoms with Gasteiger partial charge in [0.15, 0.2) is 0 Å². The van der Waals surface area contributed by atoms with Crippen molar-refractivity contribution in [2.75, 3.05) is 0 Å². The molecule has 0 spiro atoms. The van der Waals surface area contributed by atoms with E-state index in [-0.39, 0.29) is 0 Å². The number of carbonyl (C=O) groups excluding carboxylic acids is 1. The minimum absolute atomic E-state index is 0.458. The van der Waals surface area contributed by atoms with Crippen molar-refractivity contribution in [3.05, 3.63) is 0 Å². The highest BCUT2D eigenvalue weighted by Gasteiger charge is 1.75. The van der Waals surface area contributed by atoms with Gasteiger partial charge in [0.2, 0.25) is 0 Å². The smallest absolute Gasteiger partial charge is 0.362 e. The van der Waals surface area contributed by atoms with E-state index in [9.17, 15) is 0 Å². The van der Waals surface area contributed by atoms with Gasteiger partial charge in [-0.1, -0.05) is 0 Å². The average Bonchev–Trinajstić information content (AvgIpc) is 1.41. The second-order valence-electron chi connectivity index (χ2n) is 0.408. The number of rotatable bonds is 2. The van der Waals surface area contributed by atoms with E-state index < -0.39 is 0 Å². The summed E-state index contributed by atoms with van der Waals surface area (Å²) in [6.45, 7) is 0. The fraction of sp³-hybridized carbons (Fsp3) is 0. The van der Waals surface area contributed by atoms with Crippen LogP contribution >= 0.6 is 0 Å². The second-order valence-corrected chi connectivity index (χ2v) is 0.408. The standard InChI is InChI=1S/CH3BNO2/c3-5-2-1-4/h1H,3H2. The average molecular weight is 71.9 g/mol. The van der Waals surface area contributed by atoms with Gasteiger partial charge in [0, 0.05) is 0 Å². The number of nitrogens with two attached hydrogens (primary N) is 1. The molecule has 5 heavy (non-hydrogen) atoms. The molecule has 0 heterocycles. The van der Waals surface area contributed by atoms with E-state index in [2.05, 4.69) is 10.7 Å². The predicted octanol–water partition coefficient (Wildman–Crippen LogP) is -1.31. The van der Waals surface area contributed by atoms with Gasteiger partial charge in [-0.05, 0) is 0 Å². The molecule has 0 rings (SSSR count). The van der Waals surface area contributed by atoms with Crippen LogP contribution in [0.5, 0.6) is 0 Å². The van der Waals surface area contributed by atoms with E-state index in [0.29, 0.717) is 6.19 Å². The normalized spacial score (nSPS) is 6.60. The van der Waals surface area contributed by atoms with Gasteiger partial charge in [0.05, 0.1) is 0 Å². The van der Waals surface area contributed by atoms with E-state index in [0.717, 1.165) is 7.48 Å². The summed E-state index contributed by atoms with van der Waals surface area (Å²) in [5.74, 6) is 4.35. The Morgan fingerprint density at radius 2 is 2.60 bits per heavy atom. The van der Waals surface area contributed by atoms with Crippen molar-refractivity contribution in [1.82, 2.24) is 0 Å². The molecular weight excluding hydrogens is 68.8 g/mol. The fourth-order valence-electron chi connectivity index (χ4n) is 0.0321. The summed E-state index contributed by atoms with van der Waals surface area (Å²) >= 11 is 0. The third kappa shape index (κ3) is 3.65. The zero-order valence-electron chi connectivity index (χ0n) is 2.55. The van der Waals surface area contributed by atoms with E-state index in [1.54, 1.807) is 0 Å². The highest BCUT2D eigenvalue weighted by Crippen LogP contribution is 1.37. The lowest BCUT2D eigenvalue weighted by Gasteiger charge is -1.72. The maximum atomic E-state index is 9.14. The summed E-state index contributed by atoms with van der Waals surface area (Å²) in [4.78, 5) is 9.14. The first-order valence-corrected chi connectivity index (χ1v) is 1.04. The molecular formula is CH3BNO2. The Morgan fingerprint density at radius 3 is 2.60 bits per heavy atom. The van der Waals surface area contributed by atoms with E-state index in [1.807, 2.05) is 0 Å². The molecule has 0 aliphatic rings. The van der Waals surface area contributed by atoms with Crippen LogP contribution in [0.25, 0.3) is 0 Å². The Hall–Kier alpha value is -0.345. The highest BCUT2D eigenvalue weighted by atomic mass is 16.6. The highest BCUT2D eigenvalue weighted by molar-refractivity contribution is 6.60. The molecule has 4 heteroatoms. The van der Waals surface area contributed by atoms with Gasteiger partial charge in [-0.2, -0.15) is 0 Å². The van der Waals surface area contributed by atoms with Crippen LogP contribution in [-0.2, 0) is 9.55 Å². The molecule has 0 saturated carbocycles. The van der Waals surface area contributed by atoms with Gasteiger partial charge in [-0.3, -0.25) is 0 Å². The van der Waals surface area contributed by atoms with Crippen LogP contribution in [0.15, 0.2) is 0 Å². The van der Waals surface area contributed by atoms with E-state index in [4.69, 9.17) is 4.79 Å². The van der Waals surface area contributed by atoms with Gasteiger partial charge < -0.3 is 9.55 Å². The molecule has 1 radical (unpaired) electrons. The first-order chi connectivity index (χ1) is 2.41. The maximum Gasteiger partial charge on any atom is 0.400 e. The Bertz CT molecular complexity index is 30.8. The third-order valence-corrected chi connectivity index (χ3v) is 0.134. The molecule has 0 saturated heterocycles. The van der Waals surface area contributed by atoms with Crippen molar-refractivity contribution in [3.63, 3.8) is 0 Å². The van der Waals surface area contributed by atoms with Crippen LogP contribution in [0.2, 0.25) is 0 Å². The Balaban J connectivity index is 2.40. The second kappa shape index (κ2) is 3.65. The monoisotopic (exact) mass is 72.0 g/mol. The lowest BCUT2D eigenvalue weighted by atomic mass is 10.1. The molecule has 2 N–H and O–H groups in total. The topological polar surface area (TPSA) is 52.3 Å². The molecule has 0 bridgehead atoms. The lowest BCUT2D eigenvalue weighted by molar-refractivity contribution is 0.362. The zero-order chi connectivity index (χ0) is 4.12. The third-order valence-electron chi connectivity index (χ3n) is 0.134. The van der Waals surface area contributed by atoms with Crippen LogP contribution in [0, 0.1) is 0 Å². The summed E-state index contributed by atoms with van der Waals surface area (Å²) in [5.41, 5.74) is 0. The maximum absolute atomic E-state index is 9.14. The largest absolute Gasteiger partial charge is 0.400 e. The minimum Gasteiger partial charge on any atom is -0.362 e. The van der Waals surface area contributed by atoms with Gasteiger partial charge in [0.1, 0.15) is 6.19 Å². The molecule has 0 aromatic heterocycles. The number of hydrogen-bond donors (Lipinski definition) is 1. The van der Waals surface area contributed by atoms with Crippen molar-refractivity contribution in [2.24, 2.45) is 5.90 Å². The zero-order valence-corrected chi connectivity index (χ0v) is 2.55. The predicted molar refractivity (Wildman–Crippen MR) is 17.8 cm³/mol. The van der Waals surface area contributed by atoms with Gasteiger partial charge in [-0.15, -0.1) is 0 Å². The van der Waals surface area contributed by atoms with Crippen LogP contribution in [0.4, 0.5) is 0 Å². The number of hydrogen-bond acceptors (Lipinski definition) is 3. The van der Waals surface area contributed by atoms with E-state index in [1.165, 1.54) is 0 Å². The van der Waals surface area contributed by atoms with Crippen LogP contribution in [0.1, 0.15) is 0 Å². The molecule has 0 atom stereocenters. The Morgan fingerprint density at radius 1 is 2.00 bits per heavy atom. The van der Waals surface area contributed by atoms with Crippen LogP contribution < -0.4 is 5.90 Å². The Kier molecular flexibility index (Phi) is 3.40. The fourth-order valence-corrected chi connectivity index (χ4v) is 0.0321. The molecule has 0 aliphatic heterocycles. The molecule has 27 valence electrons. The molecule has 0 amide bonds. The van der Waals surface area contributed by atoms with Crippen molar-refractivity contribution in [2.45, 2.75) is 0 Å². The lowest BCUT2D eigenvalue weighted by Crippen LogP contribution is -2.04. The molecule has 0 fully saturated rings. The van der Waals surface area contributed by atoms with Crippen LogP contribution in [-0.4, -0.2) is 13.7 Å². The van der Waals surface area contributed by atoms with Crippen molar-refractivity contribution >= 4 is 13.7 Å². The van der Waals surface area contributed by atoms with Crippen LogP contribution in [0.3, 0.4) is 0 Å². The molecule has 0 aromatic carbocycles. The molecule has 0 aliphatic carbocycles. The molecule has 3 nitrogen and oxygen atoms in total. The van der Waals surface area contributed by atoms with E-state index >= 15 is 0 Å². The minimum atomic E-state index is 0.458. The van der Waals surface area contributed by atoms with Crippen molar-refractivity contribution < 1.29 is 9.55 Å². The first-order valence-electron chi connectivity index (χ1n) is 1.04. The van der Waals surface area contributed by atoms with Crippen molar-refractivity contribution in [3.8, 4) is 0 Å². The first kappa shape index (κ1) is 4.65. The van der Waals surface area contributed by atoms with Gasteiger partial charge >= 0.3 is 7.48 Å². The summed E-state index contributed by atoms with van der Waals surface area (Å²) in [5, 5.41) is 0.